The molecular formula is C19H21N3O. The Hall–Kier alpha value is -2.49. The number of pyridine rings is 1. The lowest BCUT2D eigenvalue weighted by molar-refractivity contribution is -0.107. The van der Waals surface area contributed by atoms with Gasteiger partial charge in [-0.15, -0.1) is 0 Å². The average Bonchev–Trinajstić information content (AvgIpc) is 3.06. The Morgan fingerprint density at radius 2 is 1.91 bits per heavy atom. The number of aldehydes is 1. The first-order chi connectivity index (χ1) is 11.4. The molecule has 23 heavy (non-hydrogen) atoms. The van der Waals surface area contributed by atoms with Gasteiger partial charge in [-0.25, -0.2) is 4.98 Å². The molecule has 0 radical (unpaired) electrons. The van der Waals surface area contributed by atoms with E-state index < -0.39 is 0 Å². The molecule has 0 unspecified atom stereocenters. The lowest BCUT2D eigenvalue weighted by atomic mass is 10.1. The lowest BCUT2D eigenvalue weighted by Gasteiger charge is -2.01. The molecule has 1 aromatic carbocycles. The fourth-order valence-corrected chi connectivity index (χ4v) is 2.76. The fraction of sp³-hybridized carbons (Fsp3) is 0.316. The summed E-state index contributed by atoms with van der Waals surface area (Å²) in [6.07, 6.45) is 12.6. The molecule has 3 rings (SSSR count). The molecule has 0 spiro atoms. The van der Waals surface area contributed by atoms with Crippen molar-refractivity contribution in [3.8, 4) is 11.3 Å². The number of imidazole rings is 1. The monoisotopic (exact) mass is 307 g/mol. The van der Waals surface area contributed by atoms with E-state index in [1.807, 2.05) is 24.7 Å². The third-order valence-corrected chi connectivity index (χ3v) is 4.07. The number of rotatable bonds is 8. The number of aromatic amines is 1. The van der Waals surface area contributed by atoms with Gasteiger partial charge in [-0.2, -0.15) is 0 Å². The number of unbranched alkanes of at least 4 members (excludes halogenated alkanes) is 4. The van der Waals surface area contributed by atoms with Crippen molar-refractivity contribution in [2.24, 2.45) is 0 Å². The minimum absolute atomic E-state index is 0.682. The van der Waals surface area contributed by atoms with Gasteiger partial charge in [0.2, 0.25) is 0 Å². The van der Waals surface area contributed by atoms with Gasteiger partial charge >= 0.3 is 0 Å². The van der Waals surface area contributed by atoms with Crippen molar-refractivity contribution >= 4 is 17.1 Å². The summed E-state index contributed by atoms with van der Waals surface area (Å²) in [4.78, 5) is 22.3. The summed E-state index contributed by atoms with van der Waals surface area (Å²) in [5, 5.41) is 2.33. The Bertz CT molecular complexity index is 779. The molecule has 3 aromatic rings. The van der Waals surface area contributed by atoms with Crippen molar-refractivity contribution in [1.82, 2.24) is 15.0 Å². The summed E-state index contributed by atoms with van der Waals surface area (Å²) in [5.74, 6) is 1.03. The second-order valence-corrected chi connectivity index (χ2v) is 5.80. The lowest BCUT2D eigenvalue weighted by Crippen LogP contribution is -1.89. The van der Waals surface area contributed by atoms with E-state index in [1.54, 1.807) is 0 Å². The second kappa shape index (κ2) is 7.68. The Kier molecular flexibility index (Phi) is 5.14. The van der Waals surface area contributed by atoms with Crippen LogP contribution in [0.15, 0.2) is 42.9 Å². The van der Waals surface area contributed by atoms with E-state index in [0.717, 1.165) is 60.9 Å². The number of benzene rings is 1. The number of carbonyl (C=O) groups excluding carboxylic acids is 1. The van der Waals surface area contributed by atoms with Gasteiger partial charge in [-0.1, -0.05) is 25.0 Å². The number of aryl methyl sites for hydroxylation is 1. The van der Waals surface area contributed by atoms with Gasteiger partial charge in [-0.05, 0) is 30.4 Å². The molecule has 0 amide bonds. The van der Waals surface area contributed by atoms with Gasteiger partial charge in [0.15, 0.2) is 0 Å². The van der Waals surface area contributed by atoms with Crippen LogP contribution in [0.2, 0.25) is 0 Å². The maximum Gasteiger partial charge on any atom is 0.119 e. The summed E-state index contributed by atoms with van der Waals surface area (Å²) in [6.45, 7) is 0. The number of carbonyl (C=O) groups is 1. The SMILES string of the molecule is O=CCCCCCCc1ncc(-c2ccc3ccncc3c2)[nH]1. The minimum atomic E-state index is 0.682. The molecule has 4 heteroatoms. The average molecular weight is 307 g/mol. The molecule has 0 bridgehead atoms. The molecule has 1 N–H and O–H groups in total. The van der Waals surface area contributed by atoms with Crippen molar-refractivity contribution in [3.63, 3.8) is 0 Å². The van der Waals surface area contributed by atoms with Crippen LogP contribution in [-0.4, -0.2) is 21.2 Å². The number of fused-ring (bicyclic) bond motifs is 1. The minimum Gasteiger partial charge on any atom is -0.342 e. The van der Waals surface area contributed by atoms with Crippen molar-refractivity contribution in [1.29, 1.82) is 0 Å². The summed E-state index contributed by atoms with van der Waals surface area (Å²) < 4.78 is 0. The molecule has 2 heterocycles. The zero-order chi connectivity index (χ0) is 15.9. The summed E-state index contributed by atoms with van der Waals surface area (Å²) in [6, 6.07) is 8.38. The van der Waals surface area contributed by atoms with E-state index in [2.05, 4.69) is 33.2 Å². The van der Waals surface area contributed by atoms with E-state index in [0.29, 0.717) is 6.42 Å². The highest BCUT2D eigenvalue weighted by molar-refractivity contribution is 5.85. The first kappa shape index (κ1) is 15.4. The van der Waals surface area contributed by atoms with Gasteiger partial charge in [0, 0.05) is 36.2 Å². The molecule has 2 aromatic heterocycles. The Morgan fingerprint density at radius 3 is 2.83 bits per heavy atom. The molecule has 0 atom stereocenters. The number of hydrogen-bond acceptors (Lipinski definition) is 3. The van der Waals surface area contributed by atoms with Gasteiger partial charge in [0.05, 0.1) is 11.9 Å². The second-order valence-electron chi connectivity index (χ2n) is 5.80. The maximum absolute atomic E-state index is 10.3. The van der Waals surface area contributed by atoms with Crippen LogP contribution in [0.5, 0.6) is 0 Å². The number of H-pyrrole nitrogens is 1. The van der Waals surface area contributed by atoms with Crippen molar-refractivity contribution in [2.75, 3.05) is 0 Å². The Labute approximate surface area is 136 Å². The predicted octanol–water partition coefficient (Wildman–Crippen LogP) is 4.32. The zero-order valence-electron chi connectivity index (χ0n) is 13.2. The van der Waals surface area contributed by atoms with E-state index in [4.69, 9.17) is 0 Å². The Balaban J connectivity index is 1.60. The summed E-state index contributed by atoms with van der Waals surface area (Å²) >= 11 is 0. The van der Waals surface area contributed by atoms with Crippen LogP contribution in [0.1, 0.15) is 37.9 Å². The van der Waals surface area contributed by atoms with Crippen LogP contribution in [-0.2, 0) is 11.2 Å². The quantitative estimate of drug-likeness (QED) is 0.498. The fourth-order valence-electron chi connectivity index (χ4n) is 2.76. The maximum atomic E-state index is 10.3. The molecule has 0 saturated heterocycles. The zero-order valence-corrected chi connectivity index (χ0v) is 13.2. The van der Waals surface area contributed by atoms with Crippen LogP contribution in [0.4, 0.5) is 0 Å². The first-order valence-corrected chi connectivity index (χ1v) is 8.18. The van der Waals surface area contributed by atoms with Gasteiger partial charge in [0.25, 0.3) is 0 Å². The molecule has 0 aliphatic carbocycles. The van der Waals surface area contributed by atoms with Crippen LogP contribution >= 0.6 is 0 Å². The smallest absolute Gasteiger partial charge is 0.119 e. The number of nitrogens with one attached hydrogen (secondary N) is 1. The normalized spacial score (nSPS) is 11.0. The van der Waals surface area contributed by atoms with Crippen LogP contribution < -0.4 is 0 Å². The number of nitrogens with zero attached hydrogens (tertiary/aromatic N) is 2. The van der Waals surface area contributed by atoms with E-state index >= 15 is 0 Å². The molecule has 118 valence electrons. The van der Waals surface area contributed by atoms with Crippen LogP contribution in [0.25, 0.3) is 22.0 Å². The third-order valence-electron chi connectivity index (χ3n) is 4.07. The molecule has 0 aliphatic heterocycles. The number of hydrogen-bond donors (Lipinski definition) is 1. The largest absolute Gasteiger partial charge is 0.342 e. The van der Waals surface area contributed by atoms with Gasteiger partial charge < -0.3 is 9.78 Å². The highest BCUT2D eigenvalue weighted by Crippen LogP contribution is 2.22. The first-order valence-electron chi connectivity index (χ1n) is 8.18. The molecule has 0 aliphatic rings. The predicted molar refractivity (Wildman–Crippen MR) is 92.2 cm³/mol. The van der Waals surface area contributed by atoms with E-state index in [-0.39, 0.29) is 0 Å². The molecule has 4 nitrogen and oxygen atoms in total. The highest BCUT2D eigenvalue weighted by atomic mass is 16.1. The van der Waals surface area contributed by atoms with Crippen molar-refractivity contribution in [2.45, 2.75) is 38.5 Å². The molecular weight excluding hydrogens is 286 g/mol. The summed E-state index contributed by atoms with van der Waals surface area (Å²) in [5.41, 5.74) is 2.18. The van der Waals surface area contributed by atoms with Gasteiger partial charge in [-0.3, -0.25) is 4.98 Å². The van der Waals surface area contributed by atoms with Crippen LogP contribution in [0, 0.1) is 0 Å². The summed E-state index contributed by atoms with van der Waals surface area (Å²) in [7, 11) is 0. The van der Waals surface area contributed by atoms with E-state index in [1.165, 1.54) is 5.39 Å². The topological polar surface area (TPSA) is 58.6 Å². The van der Waals surface area contributed by atoms with Crippen molar-refractivity contribution in [3.05, 3.63) is 48.7 Å². The van der Waals surface area contributed by atoms with Crippen molar-refractivity contribution < 1.29 is 4.79 Å². The molecule has 0 fully saturated rings. The highest BCUT2D eigenvalue weighted by Gasteiger charge is 2.04. The van der Waals surface area contributed by atoms with E-state index in [9.17, 15) is 4.79 Å². The Morgan fingerprint density at radius 1 is 1.00 bits per heavy atom. The van der Waals surface area contributed by atoms with Gasteiger partial charge in [0.1, 0.15) is 12.1 Å². The standard InChI is InChI=1S/C19H21N3O/c23-11-5-3-1-2-4-6-19-21-14-18(22-19)16-8-7-15-9-10-20-13-17(15)12-16/h7-14H,1-6H2,(H,21,22). The van der Waals surface area contributed by atoms with Crippen LogP contribution in [0.3, 0.4) is 0 Å². The number of aromatic nitrogens is 3. The molecule has 0 saturated carbocycles. The third kappa shape index (κ3) is 4.03.